The molecule has 6 heteroatoms. The molecule has 112 valence electrons. The fraction of sp³-hybridized carbons (Fsp3) is 0.200. The second kappa shape index (κ2) is 7.25. The van der Waals surface area contributed by atoms with Crippen LogP contribution in [-0.2, 0) is 6.54 Å². The Balaban J connectivity index is 2.19. The Morgan fingerprint density at radius 1 is 1.05 bits per heavy atom. The van der Waals surface area contributed by atoms with Gasteiger partial charge >= 0.3 is 0 Å². The van der Waals surface area contributed by atoms with Crippen LogP contribution >= 0.6 is 39.1 Å². The minimum absolute atomic E-state index is 0.567. The molecule has 0 aliphatic rings. The van der Waals surface area contributed by atoms with Gasteiger partial charge in [0.05, 0.1) is 24.9 Å². The van der Waals surface area contributed by atoms with Gasteiger partial charge in [0, 0.05) is 28.2 Å². The minimum atomic E-state index is 0.567. The lowest BCUT2D eigenvalue weighted by Gasteiger charge is -2.14. The number of nitrogens with one attached hydrogen (secondary N) is 1. The van der Waals surface area contributed by atoms with Crippen LogP contribution < -0.4 is 14.8 Å². The quantitative estimate of drug-likeness (QED) is 0.742. The van der Waals surface area contributed by atoms with E-state index in [0.29, 0.717) is 28.1 Å². The maximum Gasteiger partial charge on any atom is 0.162 e. The molecule has 0 heterocycles. The van der Waals surface area contributed by atoms with E-state index in [9.17, 15) is 0 Å². The summed E-state index contributed by atoms with van der Waals surface area (Å²) in [6, 6.07) is 9.19. The summed E-state index contributed by atoms with van der Waals surface area (Å²) in [6.45, 7) is 0.604. The van der Waals surface area contributed by atoms with Crippen molar-refractivity contribution in [1.29, 1.82) is 0 Å². The molecule has 0 aliphatic heterocycles. The van der Waals surface area contributed by atoms with E-state index in [-0.39, 0.29) is 0 Å². The molecule has 0 spiro atoms. The third-order valence-corrected chi connectivity index (χ3v) is 4.24. The van der Waals surface area contributed by atoms with Crippen molar-refractivity contribution in [2.24, 2.45) is 0 Å². The van der Waals surface area contributed by atoms with Crippen LogP contribution in [0, 0.1) is 0 Å². The molecule has 0 aromatic heterocycles. The maximum absolute atomic E-state index is 6.24. The number of anilines is 1. The monoisotopic (exact) mass is 389 g/mol. The Labute approximate surface area is 142 Å². The smallest absolute Gasteiger partial charge is 0.162 e. The molecule has 2 rings (SSSR count). The predicted octanol–water partition coefficient (Wildman–Crippen LogP) is 5.39. The van der Waals surface area contributed by atoms with E-state index < -0.39 is 0 Å². The summed E-state index contributed by atoms with van der Waals surface area (Å²) in [7, 11) is 3.16. The van der Waals surface area contributed by atoms with Crippen LogP contribution in [0.3, 0.4) is 0 Å². The Bertz CT molecular complexity index is 650. The molecule has 1 N–H and O–H groups in total. The first kappa shape index (κ1) is 16.3. The van der Waals surface area contributed by atoms with E-state index in [1.54, 1.807) is 20.3 Å². The minimum Gasteiger partial charge on any atom is -0.493 e. The largest absolute Gasteiger partial charge is 0.493 e. The van der Waals surface area contributed by atoms with E-state index in [4.69, 9.17) is 32.7 Å². The van der Waals surface area contributed by atoms with E-state index in [0.717, 1.165) is 15.7 Å². The topological polar surface area (TPSA) is 30.5 Å². The highest BCUT2D eigenvalue weighted by Crippen LogP contribution is 2.36. The van der Waals surface area contributed by atoms with Gasteiger partial charge < -0.3 is 14.8 Å². The Morgan fingerprint density at radius 2 is 1.71 bits per heavy atom. The first-order valence-electron chi connectivity index (χ1n) is 6.14. The molecule has 0 atom stereocenters. The van der Waals surface area contributed by atoms with Crippen molar-refractivity contribution in [1.82, 2.24) is 0 Å². The number of methoxy groups -OCH3 is 2. The van der Waals surface area contributed by atoms with Crippen molar-refractivity contribution in [3.63, 3.8) is 0 Å². The molecule has 0 fully saturated rings. The molecule has 0 saturated heterocycles. The van der Waals surface area contributed by atoms with E-state index >= 15 is 0 Å². The van der Waals surface area contributed by atoms with Gasteiger partial charge in [-0.15, -0.1) is 0 Å². The van der Waals surface area contributed by atoms with Gasteiger partial charge in [0.25, 0.3) is 0 Å². The molecule has 21 heavy (non-hydrogen) atoms. The average molecular weight is 391 g/mol. The second-order valence-electron chi connectivity index (χ2n) is 4.28. The standard InChI is InChI=1S/C15H14BrCl2NO2/c1-20-14-6-12(18)13(7-15(14)21-2)19-8-9-3-4-10(17)5-11(9)16/h3-7,19H,8H2,1-2H3. The third kappa shape index (κ3) is 3.96. The van der Waals surface area contributed by atoms with Crippen LogP contribution in [0.4, 0.5) is 5.69 Å². The SMILES string of the molecule is COc1cc(Cl)c(NCc2ccc(Cl)cc2Br)cc1OC. The van der Waals surface area contributed by atoms with Crippen molar-refractivity contribution in [3.8, 4) is 11.5 Å². The van der Waals surface area contributed by atoms with Gasteiger partial charge in [0.15, 0.2) is 11.5 Å². The molecule has 0 unspecified atom stereocenters. The van der Waals surface area contributed by atoms with Crippen LogP contribution in [0.1, 0.15) is 5.56 Å². The normalized spacial score (nSPS) is 10.3. The first-order valence-corrected chi connectivity index (χ1v) is 7.69. The summed E-state index contributed by atoms with van der Waals surface area (Å²) in [5.41, 5.74) is 1.85. The van der Waals surface area contributed by atoms with E-state index in [2.05, 4.69) is 21.2 Å². The van der Waals surface area contributed by atoms with Crippen molar-refractivity contribution in [2.45, 2.75) is 6.54 Å². The molecular formula is C15H14BrCl2NO2. The molecule has 0 amide bonds. The van der Waals surface area contributed by atoms with Crippen LogP contribution in [0.2, 0.25) is 10.0 Å². The van der Waals surface area contributed by atoms with Crippen molar-refractivity contribution < 1.29 is 9.47 Å². The Kier molecular flexibility index (Phi) is 5.62. The van der Waals surface area contributed by atoms with Gasteiger partial charge in [0.1, 0.15) is 0 Å². The predicted molar refractivity (Wildman–Crippen MR) is 91.0 cm³/mol. The third-order valence-electron chi connectivity index (χ3n) is 2.96. The van der Waals surface area contributed by atoms with Crippen LogP contribution in [0.15, 0.2) is 34.8 Å². The Hall–Kier alpha value is -1.10. The average Bonchev–Trinajstić information content (AvgIpc) is 2.47. The van der Waals surface area contributed by atoms with Gasteiger partial charge in [0.2, 0.25) is 0 Å². The zero-order valence-electron chi connectivity index (χ0n) is 11.5. The number of benzene rings is 2. The summed E-state index contributed by atoms with van der Waals surface area (Å²) in [5, 5.41) is 4.53. The lowest BCUT2D eigenvalue weighted by Crippen LogP contribution is -2.02. The lowest BCUT2D eigenvalue weighted by atomic mass is 10.2. The van der Waals surface area contributed by atoms with Gasteiger partial charge in [-0.05, 0) is 17.7 Å². The van der Waals surface area contributed by atoms with E-state index in [1.807, 2.05) is 24.3 Å². The fourth-order valence-electron chi connectivity index (χ4n) is 1.85. The van der Waals surface area contributed by atoms with Gasteiger partial charge in [-0.2, -0.15) is 0 Å². The highest BCUT2D eigenvalue weighted by molar-refractivity contribution is 9.10. The second-order valence-corrected chi connectivity index (χ2v) is 5.97. The van der Waals surface area contributed by atoms with Crippen LogP contribution in [0.5, 0.6) is 11.5 Å². The lowest BCUT2D eigenvalue weighted by molar-refractivity contribution is 0.355. The van der Waals surface area contributed by atoms with Crippen molar-refractivity contribution in [3.05, 3.63) is 50.4 Å². The summed E-state index contributed by atoms with van der Waals surface area (Å²) in [6.07, 6.45) is 0. The zero-order chi connectivity index (χ0) is 15.4. The van der Waals surface area contributed by atoms with Gasteiger partial charge in [-0.25, -0.2) is 0 Å². The fourth-order valence-corrected chi connectivity index (χ4v) is 2.89. The maximum atomic E-state index is 6.24. The van der Waals surface area contributed by atoms with E-state index in [1.165, 1.54) is 0 Å². The number of hydrogen-bond acceptors (Lipinski definition) is 3. The first-order chi connectivity index (χ1) is 10.0. The summed E-state index contributed by atoms with van der Waals surface area (Å²) in [5.74, 6) is 1.22. The van der Waals surface area contributed by atoms with Gasteiger partial charge in [-0.1, -0.05) is 45.2 Å². The molecule has 3 nitrogen and oxygen atoms in total. The zero-order valence-corrected chi connectivity index (χ0v) is 14.6. The van der Waals surface area contributed by atoms with Gasteiger partial charge in [-0.3, -0.25) is 0 Å². The van der Waals surface area contributed by atoms with Crippen molar-refractivity contribution in [2.75, 3.05) is 19.5 Å². The highest BCUT2D eigenvalue weighted by atomic mass is 79.9. The molecule has 2 aromatic rings. The number of rotatable bonds is 5. The Morgan fingerprint density at radius 3 is 2.33 bits per heavy atom. The molecule has 0 radical (unpaired) electrons. The van der Waals surface area contributed by atoms with Crippen LogP contribution in [-0.4, -0.2) is 14.2 Å². The molecule has 2 aromatic carbocycles. The number of halogens is 3. The van der Waals surface area contributed by atoms with Crippen LogP contribution in [0.25, 0.3) is 0 Å². The summed E-state index contributed by atoms with van der Waals surface area (Å²) < 4.78 is 11.4. The number of ether oxygens (including phenoxy) is 2. The highest BCUT2D eigenvalue weighted by Gasteiger charge is 2.10. The van der Waals surface area contributed by atoms with Crippen molar-refractivity contribution >= 4 is 44.8 Å². The molecule has 0 saturated carbocycles. The molecule has 0 bridgehead atoms. The summed E-state index contributed by atoms with van der Waals surface area (Å²) >= 11 is 15.7. The number of hydrogen-bond donors (Lipinski definition) is 1. The molecular weight excluding hydrogens is 377 g/mol. The molecule has 0 aliphatic carbocycles. The summed E-state index contributed by atoms with van der Waals surface area (Å²) in [4.78, 5) is 0.